The van der Waals surface area contributed by atoms with Crippen LogP contribution in [0.4, 0.5) is 5.69 Å². The lowest BCUT2D eigenvalue weighted by molar-refractivity contribution is -0.135. The summed E-state index contributed by atoms with van der Waals surface area (Å²) in [4.78, 5) is 27.0. The van der Waals surface area contributed by atoms with Gasteiger partial charge in [-0.05, 0) is 44.2 Å². The van der Waals surface area contributed by atoms with Gasteiger partial charge in [-0.25, -0.2) is 0 Å². The Kier molecular flexibility index (Phi) is 5.07. The minimum Gasteiger partial charge on any atom is -0.492 e. The fourth-order valence-corrected chi connectivity index (χ4v) is 3.46. The number of anilines is 1. The Morgan fingerprint density at radius 2 is 2.08 bits per heavy atom. The molecule has 24 heavy (non-hydrogen) atoms. The number of hydrogen-bond donors (Lipinski definition) is 1. The number of rotatable bonds is 5. The topological polar surface area (TPSA) is 58.6 Å². The third-order valence-corrected chi connectivity index (χ3v) is 4.86. The maximum Gasteiger partial charge on any atom is 0.228 e. The van der Waals surface area contributed by atoms with Gasteiger partial charge >= 0.3 is 0 Å². The second-order valence-corrected chi connectivity index (χ2v) is 6.90. The van der Waals surface area contributed by atoms with Gasteiger partial charge in [-0.1, -0.05) is 19.1 Å². The molecule has 2 amide bonds. The Hall–Kier alpha value is -2.04. The molecule has 1 saturated carbocycles. The Labute approximate surface area is 143 Å². The monoisotopic (exact) mass is 330 g/mol. The van der Waals surface area contributed by atoms with Crippen LogP contribution in [-0.2, 0) is 9.59 Å². The molecule has 3 unspecified atom stereocenters. The Morgan fingerprint density at radius 1 is 1.29 bits per heavy atom. The van der Waals surface area contributed by atoms with Gasteiger partial charge in [0.2, 0.25) is 11.8 Å². The quantitative estimate of drug-likeness (QED) is 0.903. The van der Waals surface area contributed by atoms with Crippen LogP contribution < -0.4 is 10.1 Å². The number of nitrogens with one attached hydrogen (secondary N) is 1. The second-order valence-electron chi connectivity index (χ2n) is 6.90. The van der Waals surface area contributed by atoms with E-state index in [9.17, 15) is 9.59 Å². The van der Waals surface area contributed by atoms with Crippen molar-refractivity contribution in [2.45, 2.75) is 33.1 Å². The van der Waals surface area contributed by atoms with E-state index >= 15 is 0 Å². The normalized spacial score (nSPS) is 25.9. The van der Waals surface area contributed by atoms with Crippen molar-refractivity contribution < 1.29 is 14.3 Å². The van der Waals surface area contributed by atoms with E-state index in [0.717, 1.165) is 19.5 Å². The molecule has 2 fully saturated rings. The van der Waals surface area contributed by atoms with Crippen LogP contribution in [0.2, 0.25) is 0 Å². The van der Waals surface area contributed by atoms with Crippen molar-refractivity contribution in [1.29, 1.82) is 0 Å². The van der Waals surface area contributed by atoms with Gasteiger partial charge in [0.15, 0.2) is 0 Å². The minimum absolute atomic E-state index is 0.0782. The van der Waals surface area contributed by atoms with Crippen molar-refractivity contribution >= 4 is 17.5 Å². The number of para-hydroxylation sites is 2. The number of benzene rings is 1. The summed E-state index contributed by atoms with van der Waals surface area (Å²) in [6.07, 6.45) is 2.91. The lowest BCUT2D eigenvalue weighted by atomic mass is 10.00. The minimum atomic E-state index is -0.204. The molecule has 1 aliphatic carbocycles. The predicted octanol–water partition coefficient (Wildman–Crippen LogP) is 2.92. The standard InChI is InChI=1S/C19H26N2O3/c1-3-24-17-9-5-4-8-16(17)20-18(22)14-11-15(14)19(23)21-10-6-7-13(2)12-21/h4-5,8-9,13-15H,3,6-7,10-12H2,1-2H3,(H,20,22). The van der Waals surface area contributed by atoms with E-state index in [1.165, 1.54) is 6.42 Å². The molecule has 0 spiro atoms. The first-order valence-electron chi connectivity index (χ1n) is 8.91. The summed E-state index contributed by atoms with van der Waals surface area (Å²) < 4.78 is 5.53. The average Bonchev–Trinajstić information content (AvgIpc) is 3.37. The van der Waals surface area contributed by atoms with Crippen molar-refractivity contribution in [3.63, 3.8) is 0 Å². The Morgan fingerprint density at radius 3 is 2.83 bits per heavy atom. The van der Waals surface area contributed by atoms with E-state index in [-0.39, 0.29) is 23.7 Å². The second kappa shape index (κ2) is 7.24. The molecule has 3 atom stereocenters. The van der Waals surface area contributed by atoms with Crippen LogP contribution in [0.3, 0.4) is 0 Å². The van der Waals surface area contributed by atoms with E-state index in [1.54, 1.807) is 0 Å². The van der Waals surface area contributed by atoms with Gasteiger partial charge in [0.25, 0.3) is 0 Å². The van der Waals surface area contributed by atoms with E-state index in [2.05, 4.69) is 12.2 Å². The molecule has 1 aromatic carbocycles. The molecular weight excluding hydrogens is 304 g/mol. The Balaban J connectivity index is 1.57. The van der Waals surface area contributed by atoms with Gasteiger partial charge < -0.3 is 15.0 Å². The van der Waals surface area contributed by atoms with Crippen molar-refractivity contribution in [3.8, 4) is 5.75 Å². The predicted molar refractivity (Wildman–Crippen MR) is 92.8 cm³/mol. The molecule has 5 heteroatoms. The first kappa shape index (κ1) is 16.8. The number of nitrogens with zero attached hydrogens (tertiary/aromatic N) is 1. The van der Waals surface area contributed by atoms with Crippen LogP contribution in [0.1, 0.15) is 33.1 Å². The average molecular weight is 330 g/mol. The highest BCUT2D eigenvalue weighted by Gasteiger charge is 2.49. The van der Waals surface area contributed by atoms with Crippen molar-refractivity contribution in [1.82, 2.24) is 4.90 Å². The van der Waals surface area contributed by atoms with Gasteiger partial charge in [-0.2, -0.15) is 0 Å². The SMILES string of the molecule is CCOc1ccccc1NC(=O)C1CC1C(=O)N1CCCC(C)C1. The van der Waals surface area contributed by atoms with E-state index in [4.69, 9.17) is 4.74 Å². The third-order valence-electron chi connectivity index (χ3n) is 4.86. The molecule has 1 saturated heterocycles. The summed E-state index contributed by atoms with van der Waals surface area (Å²) in [6.45, 7) is 6.30. The number of piperidine rings is 1. The summed E-state index contributed by atoms with van der Waals surface area (Å²) in [6, 6.07) is 7.41. The molecule has 3 rings (SSSR count). The summed E-state index contributed by atoms with van der Waals surface area (Å²) in [5.74, 6) is 0.956. The number of ether oxygens (including phenoxy) is 1. The van der Waals surface area contributed by atoms with E-state index in [0.29, 0.717) is 30.4 Å². The number of hydrogen-bond acceptors (Lipinski definition) is 3. The zero-order valence-corrected chi connectivity index (χ0v) is 14.5. The molecule has 130 valence electrons. The largest absolute Gasteiger partial charge is 0.492 e. The zero-order valence-electron chi connectivity index (χ0n) is 14.5. The summed E-state index contributed by atoms with van der Waals surface area (Å²) in [5, 5.41) is 2.92. The fraction of sp³-hybridized carbons (Fsp3) is 0.579. The lowest BCUT2D eigenvalue weighted by Crippen LogP contribution is -2.40. The maximum absolute atomic E-state index is 12.6. The molecule has 0 radical (unpaired) electrons. The molecule has 5 nitrogen and oxygen atoms in total. The fourth-order valence-electron chi connectivity index (χ4n) is 3.46. The van der Waals surface area contributed by atoms with Crippen molar-refractivity contribution in [3.05, 3.63) is 24.3 Å². The molecule has 0 aromatic heterocycles. The maximum atomic E-state index is 12.6. The molecule has 2 aliphatic rings. The first-order valence-corrected chi connectivity index (χ1v) is 8.91. The summed E-state index contributed by atoms with van der Waals surface area (Å²) in [7, 11) is 0. The molecule has 1 aliphatic heterocycles. The molecule has 1 N–H and O–H groups in total. The first-order chi connectivity index (χ1) is 11.6. The number of amides is 2. The van der Waals surface area contributed by atoms with Crippen LogP contribution >= 0.6 is 0 Å². The highest BCUT2D eigenvalue weighted by Crippen LogP contribution is 2.42. The van der Waals surface area contributed by atoms with Crippen LogP contribution in [0.15, 0.2) is 24.3 Å². The molecule has 1 aromatic rings. The van der Waals surface area contributed by atoms with Gasteiger partial charge in [0.05, 0.1) is 24.1 Å². The van der Waals surface area contributed by atoms with Crippen molar-refractivity contribution in [2.24, 2.45) is 17.8 Å². The number of likely N-dealkylation sites (tertiary alicyclic amines) is 1. The highest BCUT2D eigenvalue weighted by atomic mass is 16.5. The van der Waals surface area contributed by atoms with Gasteiger partial charge in [-0.15, -0.1) is 0 Å². The van der Waals surface area contributed by atoms with E-state index in [1.807, 2.05) is 36.1 Å². The van der Waals surface area contributed by atoms with Gasteiger partial charge in [-0.3, -0.25) is 9.59 Å². The summed E-state index contributed by atoms with van der Waals surface area (Å²) >= 11 is 0. The molecule has 0 bridgehead atoms. The number of carbonyl (C=O) groups excluding carboxylic acids is 2. The molecule has 1 heterocycles. The van der Waals surface area contributed by atoms with Crippen molar-refractivity contribution in [2.75, 3.05) is 25.0 Å². The smallest absolute Gasteiger partial charge is 0.228 e. The van der Waals surface area contributed by atoms with Crippen LogP contribution in [-0.4, -0.2) is 36.4 Å². The van der Waals surface area contributed by atoms with E-state index < -0.39 is 0 Å². The Bertz CT molecular complexity index is 616. The third kappa shape index (κ3) is 3.71. The summed E-state index contributed by atoms with van der Waals surface area (Å²) in [5.41, 5.74) is 0.675. The van der Waals surface area contributed by atoms with Gasteiger partial charge in [0.1, 0.15) is 5.75 Å². The van der Waals surface area contributed by atoms with Crippen LogP contribution in [0.5, 0.6) is 5.75 Å². The zero-order chi connectivity index (χ0) is 17.1. The number of carbonyl (C=O) groups is 2. The van der Waals surface area contributed by atoms with Crippen LogP contribution in [0, 0.1) is 17.8 Å². The van der Waals surface area contributed by atoms with Gasteiger partial charge in [0, 0.05) is 13.1 Å². The molecular formula is C19H26N2O3. The lowest BCUT2D eigenvalue weighted by Gasteiger charge is -2.31. The van der Waals surface area contributed by atoms with Crippen LogP contribution in [0.25, 0.3) is 0 Å². The highest BCUT2D eigenvalue weighted by molar-refractivity contribution is 6.00.